The summed E-state index contributed by atoms with van der Waals surface area (Å²) in [6.45, 7) is 2.00. The maximum Gasteiger partial charge on any atom is 0.372 e. The third-order valence-electron chi connectivity index (χ3n) is 3.37. The topological polar surface area (TPSA) is 72.4 Å². The van der Waals surface area contributed by atoms with Crippen LogP contribution in [-0.2, 0) is 6.54 Å². The minimum absolute atomic E-state index is 0.122. The van der Waals surface area contributed by atoms with Gasteiger partial charge in [0.15, 0.2) is 0 Å². The van der Waals surface area contributed by atoms with Crippen molar-refractivity contribution in [3.63, 3.8) is 0 Å². The largest absolute Gasteiger partial charge is 0.475 e. The Kier molecular flexibility index (Phi) is 3.10. The molecule has 5 heteroatoms. The maximum atomic E-state index is 12.0. The van der Waals surface area contributed by atoms with Crippen LogP contribution in [0, 0.1) is 6.92 Å². The normalized spacial score (nSPS) is 10.9. The number of furan rings is 1. The van der Waals surface area contributed by atoms with Gasteiger partial charge in [-0.05, 0) is 24.6 Å². The van der Waals surface area contributed by atoms with Gasteiger partial charge in [0, 0.05) is 23.2 Å². The SMILES string of the molecule is Cc1ccn(Cc2c(C(=O)O)oc3ccccc23)c(=O)c1. The van der Waals surface area contributed by atoms with Crippen molar-refractivity contribution in [2.24, 2.45) is 0 Å². The molecule has 5 nitrogen and oxygen atoms in total. The first kappa shape index (κ1) is 13.2. The third-order valence-corrected chi connectivity index (χ3v) is 3.37. The molecule has 1 N–H and O–H groups in total. The first-order valence-corrected chi connectivity index (χ1v) is 6.47. The number of hydrogen-bond acceptors (Lipinski definition) is 3. The Balaban J connectivity index is 2.17. The van der Waals surface area contributed by atoms with Gasteiger partial charge in [-0.1, -0.05) is 18.2 Å². The van der Waals surface area contributed by atoms with Crippen LogP contribution < -0.4 is 5.56 Å². The molecular weight excluding hydrogens is 270 g/mol. The average molecular weight is 283 g/mol. The van der Waals surface area contributed by atoms with Crippen LogP contribution in [0.4, 0.5) is 0 Å². The molecule has 2 heterocycles. The van der Waals surface area contributed by atoms with Crippen molar-refractivity contribution in [2.75, 3.05) is 0 Å². The molecule has 0 radical (unpaired) electrons. The van der Waals surface area contributed by atoms with Crippen LogP contribution in [0.3, 0.4) is 0 Å². The van der Waals surface area contributed by atoms with E-state index in [0.717, 1.165) is 5.56 Å². The van der Waals surface area contributed by atoms with Crippen molar-refractivity contribution in [2.45, 2.75) is 13.5 Å². The van der Waals surface area contributed by atoms with Crippen molar-refractivity contribution in [1.82, 2.24) is 4.57 Å². The summed E-state index contributed by atoms with van der Waals surface area (Å²) in [5.41, 5.74) is 1.71. The predicted octanol–water partition coefficient (Wildman–Crippen LogP) is 2.65. The van der Waals surface area contributed by atoms with Gasteiger partial charge < -0.3 is 14.1 Å². The summed E-state index contributed by atoms with van der Waals surface area (Å²) >= 11 is 0. The highest BCUT2D eigenvalue weighted by molar-refractivity contribution is 5.95. The number of carboxylic acids is 1. The highest BCUT2D eigenvalue weighted by atomic mass is 16.4. The van der Waals surface area contributed by atoms with E-state index in [0.29, 0.717) is 16.5 Å². The van der Waals surface area contributed by atoms with Gasteiger partial charge in [0.25, 0.3) is 5.56 Å². The molecule has 0 aliphatic carbocycles. The lowest BCUT2D eigenvalue weighted by molar-refractivity contribution is 0.0663. The fourth-order valence-electron chi connectivity index (χ4n) is 2.34. The van der Waals surface area contributed by atoms with Crippen LogP contribution in [0.1, 0.15) is 21.7 Å². The number of aromatic nitrogens is 1. The molecule has 0 amide bonds. The number of benzene rings is 1. The fourth-order valence-corrected chi connectivity index (χ4v) is 2.34. The number of rotatable bonds is 3. The number of para-hydroxylation sites is 1. The summed E-state index contributed by atoms with van der Waals surface area (Å²) in [5, 5.41) is 9.99. The van der Waals surface area contributed by atoms with E-state index in [1.54, 1.807) is 24.4 Å². The van der Waals surface area contributed by atoms with Crippen LogP contribution in [-0.4, -0.2) is 15.6 Å². The van der Waals surface area contributed by atoms with Crippen molar-refractivity contribution >= 4 is 16.9 Å². The number of nitrogens with zero attached hydrogens (tertiary/aromatic N) is 1. The minimum atomic E-state index is -1.14. The number of aryl methyl sites for hydroxylation is 1. The van der Waals surface area contributed by atoms with Gasteiger partial charge in [0.2, 0.25) is 5.76 Å². The van der Waals surface area contributed by atoms with E-state index in [-0.39, 0.29) is 17.9 Å². The Morgan fingerprint density at radius 1 is 1.29 bits per heavy atom. The molecule has 2 aromatic heterocycles. The molecule has 0 fully saturated rings. The van der Waals surface area contributed by atoms with Gasteiger partial charge in [0.05, 0.1) is 6.54 Å². The second-order valence-corrected chi connectivity index (χ2v) is 4.88. The van der Waals surface area contributed by atoms with E-state index < -0.39 is 5.97 Å². The molecule has 3 rings (SSSR count). The number of pyridine rings is 1. The van der Waals surface area contributed by atoms with E-state index in [9.17, 15) is 14.7 Å². The summed E-state index contributed by atoms with van der Waals surface area (Å²) in [5.74, 6) is -1.26. The standard InChI is InChI=1S/C16H13NO4/c1-10-6-7-17(14(18)8-10)9-12-11-4-2-3-5-13(11)21-15(12)16(19)20/h2-8H,9H2,1H3,(H,19,20). The molecule has 1 aromatic carbocycles. The zero-order valence-corrected chi connectivity index (χ0v) is 11.4. The lowest BCUT2D eigenvalue weighted by atomic mass is 10.1. The Bertz CT molecular complexity index is 889. The molecule has 106 valence electrons. The zero-order valence-electron chi connectivity index (χ0n) is 11.4. The smallest absolute Gasteiger partial charge is 0.372 e. The summed E-state index contributed by atoms with van der Waals surface area (Å²) < 4.78 is 6.85. The maximum absolute atomic E-state index is 12.0. The lowest BCUT2D eigenvalue weighted by Crippen LogP contribution is -2.20. The molecule has 0 aliphatic heterocycles. The van der Waals surface area contributed by atoms with Crippen LogP contribution in [0.5, 0.6) is 0 Å². The van der Waals surface area contributed by atoms with Gasteiger partial charge in [-0.2, -0.15) is 0 Å². The molecule has 0 unspecified atom stereocenters. The monoisotopic (exact) mass is 283 g/mol. The van der Waals surface area contributed by atoms with Crippen molar-refractivity contribution < 1.29 is 14.3 Å². The molecule has 3 aromatic rings. The number of fused-ring (bicyclic) bond motifs is 1. The first-order chi connectivity index (χ1) is 10.1. The van der Waals surface area contributed by atoms with Crippen LogP contribution in [0.2, 0.25) is 0 Å². The lowest BCUT2D eigenvalue weighted by Gasteiger charge is -2.05. The van der Waals surface area contributed by atoms with Crippen molar-refractivity contribution in [1.29, 1.82) is 0 Å². The Hall–Kier alpha value is -2.82. The van der Waals surface area contributed by atoms with Crippen LogP contribution in [0.25, 0.3) is 11.0 Å². The fraction of sp³-hybridized carbons (Fsp3) is 0.125. The second-order valence-electron chi connectivity index (χ2n) is 4.88. The van der Waals surface area contributed by atoms with E-state index in [4.69, 9.17) is 4.42 Å². The Morgan fingerprint density at radius 3 is 2.76 bits per heavy atom. The van der Waals surface area contributed by atoms with Gasteiger partial charge >= 0.3 is 5.97 Å². The van der Waals surface area contributed by atoms with E-state index >= 15 is 0 Å². The van der Waals surface area contributed by atoms with E-state index in [1.165, 1.54) is 10.6 Å². The average Bonchev–Trinajstić information content (AvgIpc) is 2.81. The second kappa shape index (κ2) is 4.94. The Labute approximate surface area is 120 Å². The molecule has 0 saturated carbocycles. The summed E-state index contributed by atoms with van der Waals surface area (Å²) in [6.07, 6.45) is 1.66. The number of hydrogen-bond donors (Lipinski definition) is 1. The van der Waals surface area contributed by atoms with Gasteiger partial charge in [-0.3, -0.25) is 4.79 Å². The highest BCUT2D eigenvalue weighted by Crippen LogP contribution is 2.26. The molecule has 0 aliphatic rings. The molecule has 0 spiro atoms. The number of aromatic carboxylic acids is 1. The third kappa shape index (κ3) is 2.33. The summed E-state index contributed by atoms with van der Waals surface area (Å²) in [4.78, 5) is 23.3. The number of carboxylic acid groups (broad SMARTS) is 1. The quantitative estimate of drug-likeness (QED) is 0.802. The summed E-state index contributed by atoms with van der Waals surface area (Å²) in [7, 11) is 0. The van der Waals surface area contributed by atoms with Gasteiger partial charge in [-0.25, -0.2) is 4.79 Å². The number of carbonyl (C=O) groups is 1. The highest BCUT2D eigenvalue weighted by Gasteiger charge is 2.20. The van der Waals surface area contributed by atoms with Crippen molar-refractivity contribution in [3.8, 4) is 0 Å². The van der Waals surface area contributed by atoms with E-state index in [1.807, 2.05) is 19.1 Å². The molecule has 0 saturated heterocycles. The minimum Gasteiger partial charge on any atom is -0.475 e. The molecule has 21 heavy (non-hydrogen) atoms. The Morgan fingerprint density at radius 2 is 2.05 bits per heavy atom. The summed E-state index contributed by atoms with van der Waals surface area (Å²) in [6, 6.07) is 10.4. The van der Waals surface area contributed by atoms with Gasteiger partial charge in [-0.15, -0.1) is 0 Å². The van der Waals surface area contributed by atoms with Crippen LogP contribution in [0.15, 0.2) is 51.8 Å². The predicted molar refractivity (Wildman–Crippen MR) is 77.7 cm³/mol. The van der Waals surface area contributed by atoms with E-state index in [2.05, 4.69) is 0 Å². The molecule has 0 bridgehead atoms. The zero-order chi connectivity index (χ0) is 15.0. The van der Waals surface area contributed by atoms with Gasteiger partial charge in [0.1, 0.15) is 5.58 Å². The van der Waals surface area contributed by atoms with Crippen LogP contribution >= 0.6 is 0 Å². The molecular formula is C16H13NO4. The molecule has 0 atom stereocenters. The van der Waals surface area contributed by atoms with Crippen molar-refractivity contribution in [3.05, 3.63) is 69.8 Å². The first-order valence-electron chi connectivity index (χ1n) is 6.47.